The van der Waals surface area contributed by atoms with Crippen LogP contribution in [0.15, 0.2) is 34.8 Å². The van der Waals surface area contributed by atoms with Crippen molar-refractivity contribution in [3.63, 3.8) is 0 Å². The Labute approximate surface area is 193 Å². The minimum atomic E-state index is -4.77. The number of hydrogen-bond acceptors (Lipinski definition) is 5. The number of benzene rings is 1. The van der Waals surface area contributed by atoms with Crippen LogP contribution in [0, 0.1) is 6.92 Å². The van der Waals surface area contributed by atoms with Gasteiger partial charge in [0.1, 0.15) is 10.6 Å². The molecule has 1 aromatic carbocycles. The molecule has 0 radical (unpaired) electrons. The van der Waals surface area contributed by atoms with Crippen LogP contribution in [0.1, 0.15) is 27.9 Å². The van der Waals surface area contributed by atoms with Gasteiger partial charge in [-0.1, -0.05) is 18.2 Å². The number of nitrogens with one attached hydrogen (secondary N) is 3. The molecule has 3 N–H and O–H groups in total. The topological polar surface area (TPSA) is 87.6 Å². The molecule has 30 heavy (non-hydrogen) atoms. The van der Waals surface area contributed by atoms with E-state index in [0.717, 1.165) is 0 Å². The average molecular weight is 557 g/mol. The van der Waals surface area contributed by atoms with Gasteiger partial charge in [0.2, 0.25) is 0 Å². The first-order chi connectivity index (χ1) is 13.8. The monoisotopic (exact) mass is 557 g/mol. The van der Waals surface area contributed by atoms with Crippen LogP contribution >= 0.6 is 35.3 Å². The molecule has 0 bridgehead atoms. The second kappa shape index (κ2) is 12.6. The van der Waals surface area contributed by atoms with Gasteiger partial charge in [0.05, 0.1) is 17.7 Å². The summed E-state index contributed by atoms with van der Waals surface area (Å²) in [5, 5.41) is 8.80. The Bertz CT molecular complexity index is 845. The van der Waals surface area contributed by atoms with E-state index < -0.39 is 6.36 Å². The van der Waals surface area contributed by atoms with Crippen LogP contribution in [0.4, 0.5) is 13.2 Å². The number of halogens is 4. The summed E-state index contributed by atoms with van der Waals surface area (Å²) in [5.74, 6) is -0.0729. The largest absolute Gasteiger partial charge is 0.573 e. The summed E-state index contributed by atoms with van der Waals surface area (Å²) in [5.41, 5.74) is 2.59. The predicted molar refractivity (Wildman–Crippen MR) is 121 cm³/mol. The molecule has 0 aliphatic heterocycles. The zero-order valence-electron chi connectivity index (χ0n) is 16.4. The smallest absolute Gasteiger partial charge is 0.405 e. The van der Waals surface area contributed by atoms with Gasteiger partial charge in [-0.25, -0.2) is 9.98 Å². The summed E-state index contributed by atoms with van der Waals surface area (Å²) in [6, 6.07) is 5.85. The minimum Gasteiger partial charge on any atom is -0.405 e. The fraction of sp³-hybridized carbons (Fsp3) is 0.389. The quantitative estimate of drug-likeness (QED) is 0.201. The van der Waals surface area contributed by atoms with Crippen LogP contribution in [0.2, 0.25) is 0 Å². The lowest BCUT2D eigenvalue weighted by Gasteiger charge is -2.14. The van der Waals surface area contributed by atoms with Crippen LogP contribution in [0.5, 0.6) is 5.75 Å². The van der Waals surface area contributed by atoms with E-state index in [1.807, 2.05) is 6.92 Å². The van der Waals surface area contributed by atoms with Gasteiger partial charge in [0.15, 0.2) is 5.96 Å². The number of thiazole rings is 1. The highest BCUT2D eigenvalue weighted by atomic mass is 127. The van der Waals surface area contributed by atoms with Crippen LogP contribution in [-0.2, 0) is 6.54 Å². The number of rotatable bonds is 8. The predicted octanol–water partition coefficient (Wildman–Crippen LogP) is 3.45. The van der Waals surface area contributed by atoms with Crippen LogP contribution in [-0.4, -0.2) is 42.8 Å². The third kappa shape index (κ3) is 8.73. The molecule has 0 aliphatic rings. The van der Waals surface area contributed by atoms with Gasteiger partial charge in [0, 0.05) is 25.2 Å². The molecule has 7 nitrogen and oxygen atoms in total. The number of aromatic nitrogens is 1. The minimum absolute atomic E-state index is 0. The summed E-state index contributed by atoms with van der Waals surface area (Å²) in [7, 11) is 0. The maximum Gasteiger partial charge on any atom is 0.573 e. The van der Waals surface area contributed by atoms with Crippen molar-refractivity contribution in [1.29, 1.82) is 0 Å². The molecule has 12 heteroatoms. The molecule has 0 aliphatic carbocycles. The Hall–Kier alpha value is -2.09. The number of ether oxygens (including phenoxy) is 1. The zero-order valence-corrected chi connectivity index (χ0v) is 19.5. The highest BCUT2D eigenvalue weighted by Gasteiger charge is 2.31. The number of para-hydroxylation sites is 1. The highest BCUT2D eigenvalue weighted by molar-refractivity contribution is 14.0. The van der Waals surface area contributed by atoms with Gasteiger partial charge in [-0.05, 0) is 19.9 Å². The number of amides is 1. The van der Waals surface area contributed by atoms with E-state index in [1.165, 1.54) is 29.5 Å². The Morgan fingerprint density at radius 3 is 2.53 bits per heavy atom. The molecule has 166 valence electrons. The van der Waals surface area contributed by atoms with E-state index in [0.29, 0.717) is 41.7 Å². The summed E-state index contributed by atoms with van der Waals surface area (Å²) >= 11 is 1.27. The molecule has 0 unspecified atom stereocenters. The van der Waals surface area contributed by atoms with Crippen LogP contribution in [0.25, 0.3) is 0 Å². The standard InChI is InChI=1S/C18H22F3N5O2S.HI/c1-3-22-17(24-9-8-23-16(27)15-12(2)26-11-29-15)25-10-13-6-4-5-7-14(13)28-18(19,20)21;/h4-7,11H,3,8-10H2,1-2H3,(H,23,27)(H2,22,24,25);1H. The molecule has 1 heterocycles. The van der Waals surface area contributed by atoms with Crippen molar-refractivity contribution >= 4 is 47.2 Å². The van der Waals surface area contributed by atoms with Crippen molar-refractivity contribution in [1.82, 2.24) is 20.9 Å². The van der Waals surface area contributed by atoms with E-state index in [9.17, 15) is 18.0 Å². The number of aryl methyl sites for hydroxylation is 1. The maximum absolute atomic E-state index is 12.5. The summed E-state index contributed by atoms with van der Waals surface area (Å²) < 4.78 is 41.6. The Morgan fingerprint density at radius 1 is 1.20 bits per heavy atom. The third-order valence-electron chi connectivity index (χ3n) is 3.60. The molecule has 0 spiro atoms. The van der Waals surface area contributed by atoms with Gasteiger partial charge in [-0.3, -0.25) is 4.79 Å². The van der Waals surface area contributed by atoms with Crippen LogP contribution < -0.4 is 20.7 Å². The van der Waals surface area contributed by atoms with Gasteiger partial charge in [-0.2, -0.15) is 0 Å². The van der Waals surface area contributed by atoms with Gasteiger partial charge in [-0.15, -0.1) is 48.5 Å². The number of carbonyl (C=O) groups excluding carboxylic acids is 1. The average Bonchev–Trinajstić information content (AvgIpc) is 3.08. The van der Waals surface area contributed by atoms with Crippen molar-refractivity contribution in [3.05, 3.63) is 45.9 Å². The fourth-order valence-electron chi connectivity index (χ4n) is 2.32. The van der Waals surface area contributed by atoms with E-state index >= 15 is 0 Å². The second-order valence-corrected chi connectivity index (χ2v) is 6.66. The highest BCUT2D eigenvalue weighted by Crippen LogP contribution is 2.26. The third-order valence-corrected chi connectivity index (χ3v) is 4.53. The lowest BCUT2D eigenvalue weighted by atomic mass is 10.2. The van der Waals surface area contributed by atoms with E-state index in [4.69, 9.17) is 0 Å². The molecule has 0 fully saturated rings. The molecule has 2 rings (SSSR count). The molecule has 2 aromatic rings. The van der Waals surface area contributed by atoms with Gasteiger partial charge >= 0.3 is 6.36 Å². The SMILES string of the molecule is CCNC(=NCc1ccccc1OC(F)(F)F)NCCNC(=O)c1scnc1C.I. The number of hydrogen-bond donors (Lipinski definition) is 3. The molecule has 1 amide bonds. The normalized spacial score (nSPS) is 11.4. The molecule has 1 aromatic heterocycles. The van der Waals surface area contributed by atoms with E-state index in [1.54, 1.807) is 18.5 Å². The summed E-state index contributed by atoms with van der Waals surface area (Å²) in [4.78, 5) is 20.9. The first kappa shape index (κ1) is 25.9. The Kier molecular flexibility index (Phi) is 10.9. The first-order valence-electron chi connectivity index (χ1n) is 8.84. The zero-order chi connectivity index (χ0) is 21.3. The molecular formula is C18H23F3IN5O2S. The fourth-order valence-corrected chi connectivity index (χ4v) is 3.04. The van der Waals surface area contributed by atoms with Crippen molar-refractivity contribution in [2.75, 3.05) is 19.6 Å². The van der Waals surface area contributed by atoms with E-state index in [2.05, 4.69) is 30.7 Å². The van der Waals surface area contributed by atoms with Crippen molar-refractivity contribution in [3.8, 4) is 5.75 Å². The lowest BCUT2D eigenvalue weighted by Crippen LogP contribution is -2.41. The van der Waals surface area contributed by atoms with Crippen LogP contribution in [0.3, 0.4) is 0 Å². The summed E-state index contributed by atoms with van der Waals surface area (Å²) in [6.07, 6.45) is -4.77. The second-order valence-electron chi connectivity index (χ2n) is 5.80. The number of alkyl halides is 3. The van der Waals surface area contributed by atoms with Crippen molar-refractivity contribution in [2.45, 2.75) is 26.8 Å². The first-order valence-corrected chi connectivity index (χ1v) is 9.72. The molecule has 0 atom stereocenters. The molecule has 0 saturated carbocycles. The lowest BCUT2D eigenvalue weighted by molar-refractivity contribution is -0.274. The maximum atomic E-state index is 12.5. The Balaban J connectivity index is 0.00000450. The van der Waals surface area contributed by atoms with E-state index in [-0.39, 0.29) is 42.2 Å². The molecular weight excluding hydrogens is 534 g/mol. The number of nitrogens with zero attached hydrogens (tertiary/aromatic N) is 2. The van der Waals surface area contributed by atoms with Crippen molar-refractivity contribution in [2.24, 2.45) is 4.99 Å². The number of guanidine groups is 1. The summed E-state index contributed by atoms with van der Waals surface area (Å²) in [6.45, 7) is 4.92. The number of carbonyl (C=O) groups is 1. The molecule has 0 saturated heterocycles. The Morgan fingerprint density at radius 2 is 1.90 bits per heavy atom. The van der Waals surface area contributed by atoms with Gasteiger partial charge in [0.25, 0.3) is 5.91 Å². The number of aliphatic imine (C=N–C) groups is 1. The van der Waals surface area contributed by atoms with Gasteiger partial charge < -0.3 is 20.7 Å². The van der Waals surface area contributed by atoms with Crippen molar-refractivity contribution < 1.29 is 22.7 Å².